The van der Waals surface area contributed by atoms with Gasteiger partial charge in [-0.3, -0.25) is 4.79 Å². The maximum absolute atomic E-state index is 11.6. The summed E-state index contributed by atoms with van der Waals surface area (Å²) in [5, 5.41) is 0. The van der Waals surface area contributed by atoms with Crippen molar-refractivity contribution in [3.8, 4) is 0 Å². The van der Waals surface area contributed by atoms with Gasteiger partial charge in [0.1, 0.15) is 0 Å². The van der Waals surface area contributed by atoms with Crippen molar-refractivity contribution >= 4 is 5.91 Å². The van der Waals surface area contributed by atoms with E-state index >= 15 is 0 Å². The smallest absolute Gasteiger partial charge is 0.239 e. The van der Waals surface area contributed by atoms with Gasteiger partial charge in [0.2, 0.25) is 5.91 Å². The summed E-state index contributed by atoms with van der Waals surface area (Å²) >= 11 is 0. The number of carbonyl (C=O) groups is 1. The molecule has 0 heterocycles. The average Bonchev–Trinajstić information content (AvgIpc) is 2.02. The van der Waals surface area contributed by atoms with Crippen LogP contribution < -0.4 is 5.73 Å². The molecular formula is C10H20N2O. The summed E-state index contributed by atoms with van der Waals surface area (Å²) < 4.78 is 0. The molecule has 1 amide bonds. The van der Waals surface area contributed by atoms with Crippen LogP contribution >= 0.6 is 0 Å². The minimum Gasteiger partial charge on any atom is -0.341 e. The summed E-state index contributed by atoms with van der Waals surface area (Å²) in [6, 6.07) is -0.347. The molecule has 1 rings (SSSR count). The molecule has 0 aliphatic heterocycles. The van der Waals surface area contributed by atoms with Gasteiger partial charge in [-0.2, -0.15) is 0 Å². The van der Waals surface area contributed by atoms with Gasteiger partial charge in [-0.1, -0.05) is 6.42 Å². The van der Waals surface area contributed by atoms with Gasteiger partial charge < -0.3 is 10.6 Å². The normalized spacial score (nSPS) is 19.3. The number of hydrogen-bond donors (Lipinski definition) is 1. The van der Waals surface area contributed by atoms with E-state index in [-0.39, 0.29) is 11.9 Å². The molecule has 1 unspecified atom stereocenters. The van der Waals surface area contributed by atoms with E-state index in [1.165, 1.54) is 19.3 Å². The van der Waals surface area contributed by atoms with Crippen LogP contribution in [0.4, 0.5) is 0 Å². The topological polar surface area (TPSA) is 46.3 Å². The zero-order chi connectivity index (χ0) is 9.84. The minimum atomic E-state index is -0.347. The predicted octanol–water partition coefficient (Wildman–Crippen LogP) is 0.982. The highest BCUT2D eigenvalue weighted by Crippen LogP contribution is 2.27. The van der Waals surface area contributed by atoms with E-state index in [4.69, 9.17) is 5.73 Å². The lowest BCUT2D eigenvalue weighted by Crippen LogP contribution is -2.45. The molecule has 0 radical (unpaired) electrons. The third-order valence-electron chi connectivity index (χ3n) is 2.79. The van der Waals surface area contributed by atoms with Gasteiger partial charge in [0.15, 0.2) is 0 Å². The highest BCUT2D eigenvalue weighted by molar-refractivity contribution is 5.81. The van der Waals surface area contributed by atoms with Crippen molar-refractivity contribution in [3.63, 3.8) is 0 Å². The summed E-state index contributed by atoms with van der Waals surface area (Å²) in [5.74, 6) is 0.831. The lowest BCUT2D eigenvalue weighted by Gasteiger charge is -2.32. The number of nitrogens with zero attached hydrogens (tertiary/aromatic N) is 1. The van der Waals surface area contributed by atoms with Crippen LogP contribution in [0.25, 0.3) is 0 Å². The number of rotatable bonds is 4. The summed E-state index contributed by atoms with van der Waals surface area (Å²) in [7, 11) is 0. The Kier molecular flexibility index (Phi) is 3.72. The van der Waals surface area contributed by atoms with Crippen molar-refractivity contribution in [3.05, 3.63) is 0 Å². The largest absolute Gasteiger partial charge is 0.341 e. The van der Waals surface area contributed by atoms with Crippen molar-refractivity contribution in [2.45, 2.75) is 39.2 Å². The molecule has 2 N–H and O–H groups in total. The lowest BCUT2D eigenvalue weighted by molar-refractivity contribution is -0.133. The molecule has 76 valence electrons. The fourth-order valence-corrected chi connectivity index (χ4v) is 1.65. The monoisotopic (exact) mass is 184 g/mol. The van der Waals surface area contributed by atoms with Crippen LogP contribution in [0.1, 0.15) is 33.1 Å². The first kappa shape index (κ1) is 10.5. The highest BCUT2D eigenvalue weighted by atomic mass is 16.2. The van der Waals surface area contributed by atoms with Crippen molar-refractivity contribution in [2.24, 2.45) is 11.7 Å². The van der Waals surface area contributed by atoms with Gasteiger partial charge in [-0.05, 0) is 32.6 Å². The van der Waals surface area contributed by atoms with E-state index in [9.17, 15) is 4.79 Å². The van der Waals surface area contributed by atoms with Gasteiger partial charge in [-0.15, -0.1) is 0 Å². The molecule has 3 nitrogen and oxygen atoms in total. The van der Waals surface area contributed by atoms with E-state index < -0.39 is 0 Å². The number of amides is 1. The summed E-state index contributed by atoms with van der Waals surface area (Å²) in [4.78, 5) is 13.4. The van der Waals surface area contributed by atoms with Crippen molar-refractivity contribution < 1.29 is 4.79 Å². The molecule has 13 heavy (non-hydrogen) atoms. The zero-order valence-corrected chi connectivity index (χ0v) is 8.62. The van der Waals surface area contributed by atoms with Crippen LogP contribution in [0.15, 0.2) is 0 Å². The van der Waals surface area contributed by atoms with Crippen molar-refractivity contribution in [1.29, 1.82) is 0 Å². The standard InChI is InChI=1S/C10H20N2O/c1-3-12(10(13)8(2)11)7-9-5-4-6-9/h8-9H,3-7,11H2,1-2H3. The Morgan fingerprint density at radius 3 is 2.54 bits per heavy atom. The molecule has 3 heteroatoms. The van der Waals surface area contributed by atoms with Gasteiger partial charge in [-0.25, -0.2) is 0 Å². The second-order valence-corrected chi connectivity index (χ2v) is 3.96. The van der Waals surface area contributed by atoms with E-state index in [1.54, 1.807) is 6.92 Å². The SMILES string of the molecule is CCN(CC1CCC1)C(=O)C(C)N. The van der Waals surface area contributed by atoms with E-state index in [1.807, 2.05) is 11.8 Å². The average molecular weight is 184 g/mol. The molecule has 1 fully saturated rings. The first-order chi connectivity index (χ1) is 6.15. The summed E-state index contributed by atoms with van der Waals surface area (Å²) in [6.45, 7) is 5.47. The third-order valence-corrected chi connectivity index (χ3v) is 2.79. The maximum atomic E-state index is 11.6. The number of likely N-dealkylation sites (N-methyl/N-ethyl adjacent to an activating group) is 1. The first-order valence-corrected chi connectivity index (χ1v) is 5.19. The molecule has 0 saturated heterocycles. The molecule has 0 aromatic heterocycles. The Hall–Kier alpha value is -0.570. The van der Waals surface area contributed by atoms with Gasteiger partial charge in [0, 0.05) is 13.1 Å². The molecule has 1 saturated carbocycles. The second kappa shape index (κ2) is 4.61. The van der Waals surface area contributed by atoms with Crippen molar-refractivity contribution in [2.75, 3.05) is 13.1 Å². The molecular weight excluding hydrogens is 164 g/mol. The molecule has 1 atom stereocenters. The second-order valence-electron chi connectivity index (χ2n) is 3.96. The first-order valence-electron chi connectivity index (χ1n) is 5.19. The summed E-state index contributed by atoms with van der Waals surface area (Å²) in [5.41, 5.74) is 5.56. The van der Waals surface area contributed by atoms with Gasteiger partial charge in [0.25, 0.3) is 0 Å². The number of hydrogen-bond acceptors (Lipinski definition) is 2. The highest BCUT2D eigenvalue weighted by Gasteiger charge is 2.23. The predicted molar refractivity (Wildman–Crippen MR) is 53.2 cm³/mol. The molecule has 0 bridgehead atoms. The van der Waals surface area contributed by atoms with Gasteiger partial charge >= 0.3 is 0 Å². The van der Waals surface area contributed by atoms with Crippen LogP contribution in [-0.2, 0) is 4.79 Å². The molecule has 0 aromatic rings. The van der Waals surface area contributed by atoms with E-state index in [0.717, 1.165) is 19.0 Å². The Bertz CT molecular complexity index is 176. The van der Waals surface area contributed by atoms with Crippen LogP contribution in [0, 0.1) is 5.92 Å². The quantitative estimate of drug-likeness (QED) is 0.708. The fraction of sp³-hybridized carbons (Fsp3) is 0.900. The van der Waals surface area contributed by atoms with Gasteiger partial charge in [0.05, 0.1) is 6.04 Å². The van der Waals surface area contributed by atoms with E-state index in [2.05, 4.69) is 0 Å². The molecule has 0 aromatic carbocycles. The summed E-state index contributed by atoms with van der Waals surface area (Å²) in [6.07, 6.45) is 3.89. The molecule has 1 aliphatic rings. The molecule has 1 aliphatic carbocycles. The Balaban J connectivity index is 2.36. The number of nitrogens with two attached hydrogens (primary N) is 1. The van der Waals surface area contributed by atoms with E-state index in [0.29, 0.717) is 0 Å². The maximum Gasteiger partial charge on any atom is 0.239 e. The third kappa shape index (κ3) is 2.69. The van der Waals surface area contributed by atoms with Crippen LogP contribution in [0.2, 0.25) is 0 Å². The van der Waals surface area contributed by atoms with Crippen molar-refractivity contribution in [1.82, 2.24) is 4.90 Å². The zero-order valence-electron chi connectivity index (χ0n) is 8.62. The molecule has 0 spiro atoms. The van der Waals surface area contributed by atoms with Crippen LogP contribution in [-0.4, -0.2) is 29.9 Å². The Morgan fingerprint density at radius 1 is 1.62 bits per heavy atom. The van der Waals surface area contributed by atoms with Crippen LogP contribution in [0.3, 0.4) is 0 Å². The fourth-order valence-electron chi connectivity index (χ4n) is 1.65. The minimum absolute atomic E-state index is 0.0920. The lowest BCUT2D eigenvalue weighted by atomic mass is 9.85. The van der Waals surface area contributed by atoms with Crippen LogP contribution in [0.5, 0.6) is 0 Å². The Morgan fingerprint density at radius 2 is 2.23 bits per heavy atom. The number of carbonyl (C=O) groups excluding carboxylic acids is 1. The Labute approximate surface area is 80.3 Å².